The Labute approximate surface area is 175 Å². The topological polar surface area (TPSA) is 65.1 Å². The highest BCUT2D eigenvalue weighted by Crippen LogP contribution is 2.32. The van der Waals surface area contributed by atoms with Crippen LogP contribution in [0, 0.1) is 6.92 Å². The lowest BCUT2D eigenvalue weighted by atomic mass is 10.1. The van der Waals surface area contributed by atoms with Crippen LogP contribution in [0.1, 0.15) is 24.8 Å². The number of likely N-dealkylation sites (tertiary alicyclic amines) is 1. The fraction of sp³-hybridized carbons (Fsp3) is 0.600. The van der Waals surface area contributed by atoms with E-state index in [1.165, 1.54) is 6.42 Å². The maximum Gasteiger partial charge on any atom is 0.322 e. The zero-order valence-corrected chi connectivity index (χ0v) is 18.3. The van der Waals surface area contributed by atoms with Gasteiger partial charge in [-0.25, -0.2) is 4.79 Å². The number of piperidine rings is 1. The van der Waals surface area contributed by atoms with Crippen LogP contribution in [0.25, 0.3) is 0 Å². The van der Waals surface area contributed by atoms with Gasteiger partial charge < -0.3 is 19.9 Å². The molecule has 28 heavy (non-hydrogen) atoms. The number of anilines is 1. The molecule has 2 aliphatic rings. The second-order valence-electron chi connectivity index (χ2n) is 7.43. The molecular formula is C20H29BrN4O3. The maximum atomic E-state index is 12.7. The first-order chi connectivity index (χ1) is 13.5. The highest BCUT2D eigenvalue weighted by atomic mass is 79.9. The molecule has 3 amide bonds. The molecule has 1 aromatic rings. The third-order valence-corrected chi connectivity index (χ3v) is 5.90. The second kappa shape index (κ2) is 9.60. The predicted octanol–water partition coefficient (Wildman–Crippen LogP) is 2.93. The fourth-order valence-electron chi connectivity index (χ4n) is 3.76. The Bertz CT molecular complexity index is 714. The van der Waals surface area contributed by atoms with Crippen molar-refractivity contribution in [3.63, 3.8) is 0 Å². The van der Waals surface area contributed by atoms with Gasteiger partial charge in [-0.1, -0.05) is 15.9 Å². The zero-order valence-electron chi connectivity index (χ0n) is 16.7. The van der Waals surface area contributed by atoms with Gasteiger partial charge in [0.05, 0.1) is 19.3 Å². The van der Waals surface area contributed by atoms with Crippen LogP contribution in [0.5, 0.6) is 5.75 Å². The molecule has 0 atom stereocenters. The number of hydrogen-bond acceptors (Lipinski definition) is 4. The molecule has 1 N–H and O–H groups in total. The summed E-state index contributed by atoms with van der Waals surface area (Å²) >= 11 is 3.45. The van der Waals surface area contributed by atoms with E-state index in [2.05, 4.69) is 26.1 Å². The standard InChI is InChI=1S/C20H29BrN4O3/c1-15-12-16(21)13-17(28-2)19(15)22-20(27)25-10-8-23(9-11-25)14-18(26)24-6-4-3-5-7-24/h12-13H,3-11,14H2,1-2H3,(H,22,27). The summed E-state index contributed by atoms with van der Waals surface area (Å²) < 4.78 is 6.31. The van der Waals surface area contributed by atoms with E-state index < -0.39 is 0 Å². The molecule has 0 aliphatic carbocycles. The lowest BCUT2D eigenvalue weighted by Crippen LogP contribution is -2.52. The normalized spacial score (nSPS) is 18.1. The number of ether oxygens (including phenoxy) is 1. The first-order valence-corrected chi connectivity index (χ1v) is 10.7. The quantitative estimate of drug-likeness (QED) is 0.762. The molecule has 2 fully saturated rings. The summed E-state index contributed by atoms with van der Waals surface area (Å²) in [6, 6.07) is 3.65. The first kappa shape index (κ1) is 20.9. The minimum Gasteiger partial charge on any atom is -0.495 e. The number of urea groups is 1. The summed E-state index contributed by atoms with van der Waals surface area (Å²) in [5.41, 5.74) is 1.63. The molecule has 0 saturated carbocycles. The van der Waals surface area contributed by atoms with Crippen molar-refractivity contribution < 1.29 is 14.3 Å². The van der Waals surface area contributed by atoms with Gasteiger partial charge in [0.2, 0.25) is 5.91 Å². The number of carbonyl (C=O) groups is 2. The molecule has 154 valence electrons. The van der Waals surface area contributed by atoms with Crippen molar-refractivity contribution >= 4 is 33.6 Å². The Balaban J connectivity index is 1.51. The minimum atomic E-state index is -0.134. The van der Waals surface area contributed by atoms with Crippen molar-refractivity contribution in [2.75, 3.05) is 58.2 Å². The molecule has 0 bridgehead atoms. The van der Waals surface area contributed by atoms with Gasteiger partial charge in [-0.3, -0.25) is 9.69 Å². The van der Waals surface area contributed by atoms with Gasteiger partial charge in [-0.05, 0) is 43.9 Å². The lowest BCUT2D eigenvalue weighted by Gasteiger charge is -2.36. The Morgan fingerprint density at radius 2 is 1.71 bits per heavy atom. The van der Waals surface area contributed by atoms with Gasteiger partial charge in [-0.15, -0.1) is 0 Å². The lowest BCUT2D eigenvalue weighted by molar-refractivity contribution is -0.133. The van der Waals surface area contributed by atoms with E-state index in [1.807, 2.05) is 24.0 Å². The molecule has 2 heterocycles. The molecule has 0 radical (unpaired) electrons. The van der Waals surface area contributed by atoms with E-state index in [-0.39, 0.29) is 11.9 Å². The summed E-state index contributed by atoms with van der Waals surface area (Å²) in [6.45, 7) is 6.80. The number of aryl methyl sites for hydroxylation is 1. The van der Waals surface area contributed by atoms with E-state index in [0.29, 0.717) is 44.2 Å². The Kier molecular flexibility index (Phi) is 7.18. The summed E-state index contributed by atoms with van der Waals surface area (Å²) in [5, 5.41) is 2.98. The Morgan fingerprint density at radius 3 is 2.36 bits per heavy atom. The van der Waals surface area contributed by atoms with Crippen molar-refractivity contribution in [2.45, 2.75) is 26.2 Å². The van der Waals surface area contributed by atoms with Crippen LogP contribution >= 0.6 is 15.9 Å². The number of amides is 3. The zero-order chi connectivity index (χ0) is 20.1. The average molecular weight is 453 g/mol. The van der Waals surface area contributed by atoms with Crippen molar-refractivity contribution in [2.24, 2.45) is 0 Å². The van der Waals surface area contributed by atoms with Crippen LogP contribution in [0.4, 0.5) is 10.5 Å². The molecule has 7 nitrogen and oxygen atoms in total. The molecule has 0 spiro atoms. The highest BCUT2D eigenvalue weighted by molar-refractivity contribution is 9.10. The number of piperazine rings is 1. The maximum absolute atomic E-state index is 12.7. The van der Waals surface area contributed by atoms with E-state index in [0.717, 1.165) is 36.0 Å². The average Bonchev–Trinajstić information content (AvgIpc) is 2.70. The summed E-state index contributed by atoms with van der Waals surface area (Å²) in [6.07, 6.45) is 3.44. The second-order valence-corrected chi connectivity index (χ2v) is 8.35. The highest BCUT2D eigenvalue weighted by Gasteiger charge is 2.25. The number of nitrogens with one attached hydrogen (secondary N) is 1. The number of nitrogens with zero attached hydrogens (tertiary/aromatic N) is 3. The van der Waals surface area contributed by atoms with Crippen LogP contribution in [-0.2, 0) is 4.79 Å². The van der Waals surface area contributed by atoms with E-state index in [1.54, 1.807) is 12.0 Å². The van der Waals surface area contributed by atoms with E-state index in [4.69, 9.17) is 4.74 Å². The number of halogens is 1. The van der Waals surface area contributed by atoms with Crippen molar-refractivity contribution in [1.29, 1.82) is 0 Å². The van der Waals surface area contributed by atoms with Crippen LogP contribution in [0.15, 0.2) is 16.6 Å². The molecular weight excluding hydrogens is 424 g/mol. The Morgan fingerprint density at radius 1 is 1.04 bits per heavy atom. The molecule has 8 heteroatoms. The van der Waals surface area contributed by atoms with Gasteiger partial charge in [-0.2, -0.15) is 0 Å². The Hall–Kier alpha value is -1.80. The van der Waals surface area contributed by atoms with Gasteiger partial charge in [0, 0.05) is 43.7 Å². The summed E-state index contributed by atoms with van der Waals surface area (Å²) in [7, 11) is 1.59. The van der Waals surface area contributed by atoms with Gasteiger partial charge >= 0.3 is 6.03 Å². The first-order valence-electron chi connectivity index (χ1n) is 9.88. The molecule has 1 aromatic carbocycles. The smallest absolute Gasteiger partial charge is 0.322 e. The third kappa shape index (κ3) is 5.17. The molecule has 2 saturated heterocycles. The van der Waals surface area contributed by atoms with E-state index >= 15 is 0 Å². The van der Waals surface area contributed by atoms with Crippen LogP contribution in [0.3, 0.4) is 0 Å². The largest absolute Gasteiger partial charge is 0.495 e. The summed E-state index contributed by atoms with van der Waals surface area (Å²) in [5.74, 6) is 0.846. The fourth-order valence-corrected chi connectivity index (χ4v) is 4.31. The van der Waals surface area contributed by atoms with Gasteiger partial charge in [0.15, 0.2) is 0 Å². The molecule has 0 aromatic heterocycles. The number of methoxy groups -OCH3 is 1. The van der Waals surface area contributed by atoms with Gasteiger partial charge in [0.25, 0.3) is 0 Å². The van der Waals surface area contributed by atoms with Crippen molar-refractivity contribution in [3.8, 4) is 5.75 Å². The third-order valence-electron chi connectivity index (χ3n) is 5.44. The molecule has 3 rings (SSSR count). The number of carbonyl (C=O) groups excluding carboxylic acids is 2. The van der Waals surface area contributed by atoms with Crippen molar-refractivity contribution in [1.82, 2.24) is 14.7 Å². The monoisotopic (exact) mass is 452 g/mol. The molecule has 0 unspecified atom stereocenters. The van der Waals surface area contributed by atoms with Crippen LogP contribution < -0.4 is 10.1 Å². The number of hydrogen-bond donors (Lipinski definition) is 1. The van der Waals surface area contributed by atoms with Gasteiger partial charge in [0.1, 0.15) is 5.75 Å². The summed E-state index contributed by atoms with van der Waals surface area (Å²) in [4.78, 5) is 31.1. The van der Waals surface area contributed by atoms with Crippen LogP contribution in [0.2, 0.25) is 0 Å². The predicted molar refractivity (Wildman–Crippen MR) is 113 cm³/mol. The van der Waals surface area contributed by atoms with E-state index in [9.17, 15) is 9.59 Å². The minimum absolute atomic E-state index is 0.134. The number of rotatable bonds is 4. The van der Waals surface area contributed by atoms with Crippen LogP contribution in [-0.4, -0.2) is 79.6 Å². The van der Waals surface area contributed by atoms with Crippen molar-refractivity contribution in [3.05, 3.63) is 22.2 Å². The molecule has 2 aliphatic heterocycles. The number of benzene rings is 1. The SMILES string of the molecule is COc1cc(Br)cc(C)c1NC(=O)N1CCN(CC(=O)N2CCCCC2)CC1.